The number of aromatic nitrogens is 2. The molecule has 1 aliphatic rings. The lowest BCUT2D eigenvalue weighted by Gasteiger charge is -2.24. The molecular weight excluding hydrogens is 266 g/mol. The maximum Gasteiger partial charge on any atom is 0.195 e. The van der Waals surface area contributed by atoms with Crippen molar-refractivity contribution in [2.24, 2.45) is 5.92 Å². The Morgan fingerprint density at radius 3 is 3.24 bits per heavy atom. The topological polar surface area (TPSA) is 60.2 Å². The third-order valence-corrected chi connectivity index (χ3v) is 3.91. The molecule has 3 rings (SSSR count). The van der Waals surface area contributed by atoms with E-state index in [0.717, 1.165) is 38.3 Å². The fourth-order valence-corrected chi connectivity index (χ4v) is 2.76. The van der Waals surface area contributed by atoms with Crippen LogP contribution in [0.5, 0.6) is 0 Å². The number of hydrogen-bond donors (Lipinski definition) is 1. The molecule has 5 nitrogen and oxygen atoms in total. The third-order valence-electron chi connectivity index (χ3n) is 3.91. The minimum Gasteiger partial charge on any atom is -0.461 e. The van der Waals surface area contributed by atoms with Gasteiger partial charge in [0.05, 0.1) is 12.9 Å². The number of nitrogens with zero attached hydrogens (tertiary/aromatic N) is 2. The van der Waals surface area contributed by atoms with Crippen LogP contribution in [0.1, 0.15) is 17.7 Å². The van der Waals surface area contributed by atoms with Crippen LogP contribution in [0.4, 0.5) is 0 Å². The van der Waals surface area contributed by atoms with Gasteiger partial charge in [0.2, 0.25) is 0 Å². The molecule has 21 heavy (non-hydrogen) atoms. The van der Waals surface area contributed by atoms with Crippen molar-refractivity contribution in [2.45, 2.75) is 19.3 Å². The lowest BCUT2D eigenvalue weighted by Crippen LogP contribution is -2.30. The van der Waals surface area contributed by atoms with Gasteiger partial charge < -0.3 is 14.5 Å². The summed E-state index contributed by atoms with van der Waals surface area (Å²) in [5.74, 6) is 2.09. The Labute approximate surface area is 124 Å². The van der Waals surface area contributed by atoms with Gasteiger partial charge in [0.25, 0.3) is 0 Å². The van der Waals surface area contributed by atoms with Gasteiger partial charge in [-0.15, -0.1) is 0 Å². The zero-order valence-electron chi connectivity index (χ0n) is 12.3. The predicted molar refractivity (Wildman–Crippen MR) is 80.0 cm³/mol. The van der Waals surface area contributed by atoms with Crippen molar-refractivity contribution in [3.63, 3.8) is 0 Å². The summed E-state index contributed by atoms with van der Waals surface area (Å²) >= 11 is 0. The third kappa shape index (κ3) is 3.49. The van der Waals surface area contributed by atoms with Crippen molar-refractivity contribution in [1.29, 1.82) is 0 Å². The van der Waals surface area contributed by atoms with Crippen LogP contribution in [-0.4, -0.2) is 36.8 Å². The Balaban J connectivity index is 1.62. The van der Waals surface area contributed by atoms with Gasteiger partial charge in [-0.1, -0.05) is 0 Å². The van der Waals surface area contributed by atoms with Crippen LogP contribution in [0.3, 0.4) is 0 Å². The molecule has 0 fully saturated rings. The molecule has 0 radical (unpaired) electrons. The van der Waals surface area contributed by atoms with Gasteiger partial charge in [-0.3, -0.25) is 0 Å². The summed E-state index contributed by atoms with van der Waals surface area (Å²) in [5.41, 5.74) is 2.44. The minimum atomic E-state index is 0.660. The van der Waals surface area contributed by atoms with Gasteiger partial charge in [0, 0.05) is 25.5 Å². The minimum absolute atomic E-state index is 0.660. The Morgan fingerprint density at radius 1 is 1.48 bits per heavy atom. The van der Waals surface area contributed by atoms with Gasteiger partial charge in [-0.05, 0) is 49.4 Å². The molecule has 1 N–H and O–H groups in total. The Bertz CT molecular complexity index is 569. The highest BCUT2D eigenvalue weighted by molar-refractivity contribution is 5.47. The predicted octanol–water partition coefficient (Wildman–Crippen LogP) is 2.08. The summed E-state index contributed by atoms with van der Waals surface area (Å²) in [7, 11) is 1.73. The molecule has 112 valence electrons. The van der Waals surface area contributed by atoms with E-state index >= 15 is 0 Å². The molecule has 0 aliphatic heterocycles. The van der Waals surface area contributed by atoms with E-state index in [-0.39, 0.29) is 0 Å². The fraction of sp³-hybridized carbons (Fsp3) is 0.500. The van der Waals surface area contributed by atoms with Crippen LogP contribution < -0.4 is 5.32 Å². The molecule has 5 heteroatoms. The van der Waals surface area contributed by atoms with Crippen molar-refractivity contribution in [3.05, 3.63) is 35.9 Å². The first-order valence-corrected chi connectivity index (χ1v) is 7.45. The maximum atomic E-state index is 5.36. The number of furan rings is 1. The average Bonchev–Trinajstić information content (AvgIpc) is 3.05. The lowest BCUT2D eigenvalue weighted by molar-refractivity contribution is 0.197. The summed E-state index contributed by atoms with van der Waals surface area (Å²) in [6.45, 7) is 2.70. The van der Waals surface area contributed by atoms with Gasteiger partial charge >= 0.3 is 0 Å². The van der Waals surface area contributed by atoms with Crippen LogP contribution in [0.15, 0.2) is 29.0 Å². The maximum absolute atomic E-state index is 5.36. The molecule has 0 bridgehead atoms. The molecule has 0 spiro atoms. The number of ether oxygens (including phenoxy) is 1. The van der Waals surface area contributed by atoms with E-state index in [1.54, 1.807) is 13.4 Å². The number of aryl methyl sites for hydroxylation is 1. The lowest BCUT2D eigenvalue weighted by atomic mass is 9.87. The second-order valence-corrected chi connectivity index (χ2v) is 5.45. The van der Waals surface area contributed by atoms with Crippen molar-refractivity contribution in [1.82, 2.24) is 15.3 Å². The molecule has 0 amide bonds. The van der Waals surface area contributed by atoms with E-state index in [0.29, 0.717) is 11.7 Å². The van der Waals surface area contributed by atoms with Crippen molar-refractivity contribution < 1.29 is 9.15 Å². The molecule has 2 heterocycles. The standard InChI is InChI=1S/C16H21N3O2/c1-20-8-6-17-10-12-4-5-14-13(9-12)11-18-16(19-14)15-3-2-7-21-15/h2-3,7,11-12,17H,4-6,8-10H2,1H3. The van der Waals surface area contributed by atoms with E-state index < -0.39 is 0 Å². The van der Waals surface area contributed by atoms with Crippen LogP contribution in [0.25, 0.3) is 11.6 Å². The first kappa shape index (κ1) is 14.2. The molecule has 1 aliphatic carbocycles. The van der Waals surface area contributed by atoms with E-state index in [1.807, 2.05) is 18.3 Å². The van der Waals surface area contributed by atoms with Gasteiger partial charge in [-0.2, -0.15) is 0 Å². The average molecular weight is 287 g/mol. The highest BCUT2D eigenvalue weighted by atomic mass is 16.5. The van der Waals surface area contributed by atoms with Gasteiger partial charge in [-0.25, -0.2) is 9.97 Å². The second-order valence-electron chi connectivity index (χ2n) is 5.45. The smallest absolute Gasteiger partial charge is 0.195 e. The van der Waals surface area contributed by atoms with Crippen molar-refractivity contribution in [3.8, 4) is 11.6 Å². The molecular formula is C16H21N3O2. The molecule has 0 saturated heterocycles. The second kappa shape index (κ2) is 6.83. The zero-order valence-corrected chi connectivity index (χ0v) is 12.3. The summed E-state index contributed by atoms with van der Waals surface area (Å²) < 4.78 is 10.4. The Morgan fingerprint density at radius 2 is 2.43 bits per heavy atom. The van der Waals surface area contributed by atoms with E-state index in [4.69, 9.17) is 9.15 Å². The van der Waals surface area contributed by atoms with Gasteiger partial charge in [0.1, 0.15) is 0 Å². The summed E-state index contributed by atoms with van der Waals surface area (Å²) in [4.78, 5) is 9.09. The molecule has 2 aromatic heterocycles. The zero-order chi connectivity index (χ0) is 14.5. The number of methoxy groups -OCH3 is 1. The molecule has 1 unspecified atom stereocenters. The summed E-state index contributed by atoms with van der Waals surface area (Å²) in [5, 5.41) is 3.44. The van der Waals surface area contributed by atoms with E-state index in [9.17, 15) is 0 Å². The van der Waals surface area contributed by atoms with E-state index in [2.05, 4.69) is 15.3 Å². The molecule has 0 saturated carbocycles. The fourth-order valence-electron chi connectivity index (χ4n) is 2.76. The van der Waals surface area contributed by atoms with E-state index in [1.165, 1.54) is 17.7 Å². The molecule has 1 atom stereocenters. The number of hydrogen-bond acceptors (Lipinski definition) is 5. The normalized spacial score (nSPS) is 17.7. The molecule has 0 aromatic carbocycles. The highest BCUT2D eigenvalue weighted by Gasteiger charge is 2.20. The summed E-state index contributed by atoms with van der Waals surface area (Å²) in [6, 6.07) is 3.76. The first-order chi connectivity index (χ1) is 10.4. The van der Waals surface area contributed by atoms with Crippen LogP contribution in [-0.2, 0) is 17.6 Å². The Kier molecular flexibility index (Phi) is 4.62. The summed E-state index contributed by atoms with van der Waals surface area (Å²) in [6.07, 6.45) is 6.85. The largest absolute Gasteiger partial charge is 0.461 e. The van der Waals surface area contributed by atoms with Crippen LogP contribution in [0, 0.1) is 5.92 Å². The van der Waals surface area contributed by atoms with Crippen molar-refractivity contribution >= 4 is 0 Å². The monoisotopic (exact) mass is 287 g/mol. The van der Waals surface area contributed by atoms with Crippen molar-refractivity contribution in [2.75, 3.05) is 26.8 Å². The SMILES string of the molecule is COCCNCC1CCc2nc(-c3ccco3)ncc2C1. The molecule has 2 aromatic rings. The highest BCUT2D eigenvalue weighted by Crippen LogP contribution is 2.25. The first-order valence-electron chi connectivity index (χ1n) is 7.45. The van der Waals surface area contributed by atoms with Crippen LogP contribution >= 0.6 is 0 Å². The number of rotatable bonds is 6. The van der Waals surface area contributed by atoms with Gasteiger partial charge in [0.15, 0.2) is 11.6 Å². The Hall–Kier alpha value is -1.72. The van der Waals surface area contributed by atoms with Crippen LogP contribution in [0.2, 0.25) is 0 Å². The number of fused-ring (bicyclic) bond motifs is 1. The number of nitrogens with one attached hydrogen (secondary N) is 1. The quantitative estimate of drug-likeness (QED) is 0.824.